The molecule has 0 nitrogen and oxygen atoms in total. The maximum atomic E-state index is 4.99. The summed E-state index contributed by atoms with van der Waals surface area (Å²) in [6.45, 7) is 8.92. The molecule has 0 aliphatic heterocycles. The van der Waals surface area contributed by atoms with Crippen molar-refractivity contribution in [2.24, 2.45) is 11.8 Å². The van der Waals surface area contributed by atoms with Gasteiger partial charge in [0.15, 0.2) is 0 Å². The van der Waals surface area contributed by atoms with Crippen LogP contribution in [0.25, 0.3) is 0 Å². The Labute approximate surface area is 146 Å². The topological polar surface area (TPSA) is 0 Å². The summed E-state index contributed by atoms with van der Waals surface area (Å²) in [6.07, 6.45) is 10.6. The van der Waals surface area contributed by atoms with E-state index in [9.17, 15) is 0 Å². The van der Waals surface area contributed by atoms with E-state index >= 15 is 0 Å². The van der Waals surface area contributed by atoms with Crippen LogP contribution in [0.1, 0.15) is 79.1 Å². The van der Waals surface area contributed by atoms with E-state index in [4.69, 9.17) is 25.3 Å². The summed E-state index contributed by atoms with van der Waals surface area (Å²) in [5.41, 5.74) is 0. The SMILES string of the molecule is CCCCC(CC)C[S-].CCCCC(CC)C[S-].[Zn+2]. The summed E-state index contributed by atoms with van der Waals surface area (Å²) in [5.74, 6) is 3.55. The smallest absolute Gasteiger partial charge is 0.792 e. The molecule has 19 heavy (non-hydrogen) atoms. The fourth-order valence-electron chi connectivity index (χ4n) is 1.80. The first-order valence-corrected chi connectivity index (χ1v) is 9.01. The van der Waals surface area contributed by atoms with Crippen LogP contribution in [0.3, 0.4) is 0 Å². The monoisotopic (exact) mass is 354 g/mol. The normalized spacial score (nSPS) is 12.9. The molecule has 0 spiro atoms. The van der Waals surface area contributed by atoms with Crippen LogP contribution < -0.4 is 0 Å². The fourth-order valence-corrected chi connectivity index (χ4v) is 2.60. The molecule has 0 aromatic rings. The van der Waals surface area contributed by atoms with Crippen molar-refractivity contribution in [3.8, 4) is 0 Å². The van der Waals surface area contributed by atoms with Crippen molar-refractivity contribution in [1.29, 1.82) is 0 Å². The molecule has 0 aliphatic carbocycles. The minimum absolute atomic E-state index is 0. The molecule has 0 fully saturated rings. The zero-order chi connectivity index (χ0) is 14.2. The molecule has 0 N–H and O–H groups in total. The molecule has 0 aliphatic rings. The fraction of sp³-hybridized carbons (Fsp3) is 1.00. The number of unbranched alkanes of at least 4 members (excludes halogenated alkanes) is 2. The van der Waals surface area contributed by atoms with Gasteiger partial charge in [0.25, 0.3) is 0 Å². The molecular weight excluding hydrogens is 322 g/mol. The molecule has 0 rings (SSSR count). The van der Waals surface area contributed by atoms with Gasteiger partial charge in [0.2, 0.25) is 0 Å². The minimum Gasteiger partial charge on any atom is -0.792 e. The van der Waals surface area contributed by atoms with Gasteiger partial charge in [0, 0.05) is 0 Å². The Kier molecular flexibility index (Phi) is 28.8. The van der Waals surface area contributed by atoms with Gasteiger partial charge < -0.3 is 25.3 Å². The van der Waals surface area contributed by atoms with Gasteiger partial charge in [-0.2, -0.15) is 11.5 Å². The van der Waals surface area contributed by atoms with Gasteiger partial charge in [0.1, 0.15) is 0 Å². The predicted octanol–water partition coefficient (Wildman–Crippen LogP) is 5.50. The first-order chi connectivity index (χ1) is 8.69. The molecule has 3 heteroatoms. The zero-order valence-corrected chi connectivity index (χ0v) is 18.3. The quantitative estimate of drug-likeness (QED) is 0.375. The molecule has 0 aromatic heterocycles. The Bertz CT molecular complexity index is 119. The van der Waals surface area contributed by atoms with E-state index in [1.807, 2.05) is 0 Å². The molecule has 0 aromatic carbocycles. The van der Waals surface area contributed by atoms with E-state index in [1.165, 1.54) is 51.4 Å². The van der Waals surface area contributed by atoms with Crippen molar-refractivity contribution >= 4 is 25.3 Å². The summed E-state index contributed by atoms with van der Waals surface area (Å²) in [5, 5.41) is 0. The molecular formula is C16H34S2Zn. The molecule has 112 valence electrons. The molecule has 0 amide bonds. The van der Waals surface area contributed by atoms with Gasteiger partial charge in [-0.1, -0.05) is 90.9 Å². The van der Waals surface area contributed by atoms with Gasteiger partial charge in [-0.05, 0) is 0 Å². The van der Waals surface area contributed by atoms with Crippen molar-refractivity contribution in [2.75, 3.05) is 11.5 Å². The van der Waals surface area contributed by atoms with Crippen LogP contribution in [-0.2, 0) is 44.7 Å². The van der Waals surface area contributed by atoms with E-state index in [2.05, 4.69) is 27.7 Å². The van der Waals surface area contributed by atoms with Crippen LogP contribution in [0.4, 0.5) is 0 Å². The first-order valence-electron chi connectivity index (χ1n) is 7.86. The molecule has 0 heterocycles. The van der Waals surface area contributed by atoms with Crippen LogP contribution in [-0.4, -0.2) is 11.5 Å². The molecule has 2 atom stereocenters. The molecule has 0 radical (unpaired) electrons. The average molecular weight is 356 g/mol. The third kappa shape index (κ3) is 19.3. The summed E-state index contributed by atoms with van der Waals surface area (Å²) in [7, 11) is 0. The van der Waals surface area contributed by atoms with E-state index in [1.54, 1.807) is 0 Å². The van der Waals surface area contributed by atoms with E-state index in [0.717, 1.165) is 23.3 Å². The first kappa shape index (κ1) is 25.3. The molecule has 0 saturated carbocycles. The zero-order valence-electron chi connectivity index (χ0n) is 13.7. The Morgan fingerprint density at radius 2 is 1.00 bits per heavy atom. The van der Waals surface area contributed by atoms with Crippen molar-refractivity contribution < 1.29 is 19.5 Å². The number of hydrogen-bond acceptors (Lipinski definition) is 2. The summed E-state index contributed by atoms with van der Waals surface area (Å²) in [4.78, 5) is 0. The van der Waals surface area contributed by atoms with Crippen molar-refractivity contribution in [2.45, 2.75) is 79.1 Å². The van der Waals surface area contributed by atoms with Gasteiger partial charge >= 0.3 is 19.5 Å². The Balaban J connectivity index is -0.000000256. The standard InChI is InChI=1S/2C8H18S.Zn/c2*1-3-5-6-8(4-2)7-9;/h2*8-9H,3-7H2,1-2H3;/q;;+2/p-2. The van der Waals surface area contributed by atoms with Crippen LogP contribution in [0, 0.1) is 11.8 Å². The summed E-state index contributed by atoms with van der Waals surface area (Å²) in [6, 6.07) is 0. The Hall–Kier alpha value is 1.32. The molecule has 2 unspecified atom stereocenters. The predicted molar refractivity (Wildman–Crippen MR) is 91.1 cm³/mol. The van der Waals surface area contributed by atoms with E-state index < -0.39 is 0 Å². The average Bonchev–Trinajstić information content (AvgIpc) is 2.42. The van der Waals surface area contributed by atoms with Gasteiger partial charge in [-0.15, -0.1) is 0 Å². The molecule has 0 saturated heterocycles. The van der Waals surface area contributed by atoms with Crippen LogP contribution in [0.2, 0.25) is 0 Å². The number of hydrogen-bond donors (Lipinski definition) is 0. The maximum Gasteiger partial charge on any atom is 2.00 e. The van der Waals surface area contributed by atoms with Crippen LogP contribution >= 0.6 is 0 Å². The Morgan fingerprint density at radius 1 is 0.684 bits per heavy atom. The van der Waals surface area contributed by atoms with Gasteiger partial charge in [0.05, 0.1) is 0 Å². The maximum absolute atomic E-state index is 4.99. The third-order valence-electron chi connectivity index (χ3n) is 3.56. The second kappa shape index (κ2) is 21.6. The largest absolute Gasteiger partial charge is 2.00 e. The third-order valence-corrected chi connectivity index (χ3v) is 4.50. The van der Waals surface area contributed by atoms with Crippen molar-refractivity contribution in [3.63, 3.8) is 0 Å². The van der Waals surface area contributed by atoms with Crippen LogP contribution in [0.15, 0.2) is 0 Å². The number of rotatable bonds is 10. The van der Waals surface area contributed by atoms with Crippen molar-refractivity contribution in [1.82, 2.24) is 0 Å². The Morgan fingerprint density at radius 3 is 1.16 bits per heavy atom. The van der Waals surface area contributed by atoms with Gasteiger partial charge in [-0.3, -0.25) is 0 Å². The second-order valence-electron chi connectivity index (χ2n) is 5.17. The summed E-state index contributed by atoms with van der Waals surface area (Å²) >= 11 is 9.97. The minimum atomic E-state index is 0. The van der Waals surface area contributed by atoms with Gasteiger partial charge in [-0.25, -0.2) is 0 Å². The van der Waals surface area contributed by atoms with Crippen LogP contribution in [0.5, 0.6) is 0 Å². The van der Waals surface area contributed by atoms with E-state index in [-0.39, 0.29) is 19.5 Å². The summed E-state index contributed by atoms with van der Waals surface area (Å²) < 4.78 is 0. The second-order valence-corrected chi connectivity index (χ2v) is 5.83. The molecule has 0 bridgehead atoms. The van der Waals surface area contributed by atoms with Crippen molar-refractivity contribution in [3.05, 3.63) is 0 Å². The van der Waals surface area contributed by atoms with E-state index in [0.29, 0.717) is 0 Å².